The molecule has 2 unspecified atom stereocenters. The zero-order valence-corrected chi connectivity index (χ0v) is 12.9. The average molecular weight is 288 g/mol. The van der Waals surface area contributed by atoms with E-state index < -0.39 is 0 Å². The summed E-state index contributed by atoms with van der Waals surface area (Å²) in [6, 6.07) is 9.57. The third-order valence-corrected chi connectivity index (χ3v) is 4.11. The van der Waals surface area contributed by atoms with Gasteiger partial charge in [-0.2, -0.15) is 0 Å². The van der Waals surface area contributed by atoms with Gasteiger partial charge in [0, 0.05) is 6.42 Å². The average Bonchev–Trinajstić information content (AvgIpc) is 2.46. The van der Waals surface area contributed by atoms with E-state index in [4.69, 9.17) is 4.74 Å². The second kappa shape index (κ2) is 7.39. The zero-order chi connectivity index (χ0) is 15.2. The molecule has 1 aliphatic rings. The van der Waals surface area contributed by atoms with Gasteiger partial charge in [0.1, 0.15) is 11.9 Å². The third-order valence-electron chi connectivity index (χ3n) is 4.11. The fourth-order valence-electron chi connectivity index (χ4n) is 3.00. The molecule has 1 saturated carbocycles. The zero-order valence-electron chi connectivity index (χ0n) is 12.9. The molecule has 1 fully saturated rings. The Labute approximate surface area is 126 Å². The van der Waals surface area contributed by atoms with Crippen LogP contribution in [0, 0.1) is 11.8 Å². The first-order chi connectivity index (χ1) is 10.1. The summed E-state index contributed by atoms with van der Waals surface area (Å²) >= 11 is 0. The number of benzene rings is 1. The van der Waals surface area contributed by atoms with Crippen LogP contribution in [0.4, 0.5) is 0 Å². The summed E-state index contributed by atoms with van der Waals surface area (Å²) < 4.78 is 5.67. The van der Waals surface area contributed by atoms with Crippen LogP contribution in [0.1, 0.15) is 45.1 Å². The molecule has 1 aliphatic carbocycles. The number of ketones is 1. The summed E-state index contributed by atoms with van der Waals surface area (Å²) in [5.41, 5.74) is 0.944. The first-order valence-electron chi connectivity index (χ1n) is 7.84. The van der Waals surface area contributed by atoms with Gasteiger partial charge in [-0.05, 0) is 24.3 Å². The van der Waals surface area contributed by atoms with Gasteiger partial charge in [0.05, 0.1) is 12.3 Å². The minimum atomic E-state index is -0.283. The molecular weight excluding hydrogens is 264 g/mol. The van der Waals surface area contributed by atoms with E-state index in [1.807, 2.05) is 44.2 Å². The Balaban J connectivity index is 1.99. The van der Waals surface area contributed by atoms with E-state index in [1.165, 1.54) is 0 Å². The van der Waals surface area contributed by atoms with Gasteiger partial charge in [0.15, 0.2) is 0 Å². The largest absolute Gasteiger partial charge is 0.461 e. The molecule has 114 valence electrons. The Hall–Kier alpha value is -1.64. The van der Waals surface area contributed by atoms with Gasteiger partial charge in [-0.1, -0.05) is 50.6 Å². The molecule has 0 amide bonds. The predicted octanol–water partition coefficient (Wildman–Crippen LogP) is 3.56. The van der Waals surface area contributed by atoms with Crippen LogP contribution in [0.3, 0.4) is 0 Å². The standard InChI is InChI=1S/C18H24O3/c1-13(2)18(15-10-6-7-11-16(15)19)21-17(20)12-14-8-4-3-5-9-14/h3-5,8-9,13,15,18H,6-7,10-12H2,1-2H3. The number of ether oxygens (including phenoxy) is 1. The molecular formula is C18H24O3. The summed E-state index contributed by atoms with van der Waals surface area (Å²) in [6.45, 7) is 4.03. The number of carbonyl (C=O) groups excluding carboxylic acids is 2. The smallest absolute Gasteiger partial charge is 0.310 e. The van der Waals surface area contributed by atoms with E-state index in [2.05, 4.69) is 0 Å². The van der Waals surface area contributed by atoms with Gasteiger partial charge in [-0.3, -0.25) is 9.59 Å². The van der Waals surface area contributed by atoms with Gasteiger partial charge < -0.3 is 4.74 Å². The van der Waals surface area contributed by atoms with Crippen LogP contribution in [0.15, 0.2) is 30.3 Å². The molecule has 0 aromatic heterocycles. The van der Waals surface area contributed by atoms with Crippen LogP contribution >= 0.6 is 0 Å². The Kier molecular flexibility index (Phi) is 5.54. The number of carbonyl (C=O) groups is 2. The SMILES string of the molecule is CC(C)C(OC(=O)Cc1ccccc1)C1CCCCC1=O. The van der Waals surface area contributed by atoms with E-state index in [9.17, 15) is 9.59 Å². The van der Waals surface area contributed by atoms with Crippen LogP contribution < -0.4 is 0 Å². The van der Waals surface area contributed by atoms with Crippen molar-refractivity contribution >= 4 is 11.8 Å². The lowest BCUT2D eigenvalue weighted by atomic mass is 9.80. The third kappa shape index (κ3) is 4.42. The van der Waals surface area contributed by atoms with Gasteiger partial charge in [0.2, 0.25) is 0 Å². The van der Waals surface area contributed by atoms with Crippen LogP contribution in [-0.4, -0.2) is 17.9 Å². The van der Waals surface area contributed by atoms with Gasteiger partial charge in [-0.25, -0.2) is 0 Å². The number of hydrogen-bond donors (Lipinski definition) is 0. The molecule has 0 saturated heterocycles. The van der Waals surface area contributed by atoms with Crippen LogP contribution in [0.2, 0.25) is 0 Å². The van der Waals surface area contributed by atoms with Crippen molar-refractivity contribution in [3.8, 4) is 0 Å². The molecule has 0 N–H and O–H groups in total. The Morgan fingerprint density at radius 3 is 2.57 bits per heavy atom. The van der Waals surface area contributed by atoms with Crippen molar-refractivity contribution in [3.05, 3.63) is 35.9 Å². The van der Waals surface area contributed by atoms with E-state index >= 15 is 0 Å². The molecule has 2 atom stereocenters. The summed E-state index contributed by atoms with van der Waals surface area (Å²) in [4.78, 5) is 24.2. The molecule has 0 radical (unpaired) electrons. The Morgan fingerprint density at radius 1 is 1.24 bits per heavy atom. The van der Waals surface area contributed by atoms with Crippen molar-refractivity contribution in [1.82, 2.24) is 0 Å². The van der Waals surface area contributed by atoms with Crippen molar-refractivity contribution in [2.24, 2.45) is 11.8 Å². The topological polar surface area (TPSA) is 43.4 Å². The molecule has 0 aliphatic heterocycles. The number of Topliss-reactive ketones (excluding diaryl/α,β-unsaturated/α-hetero) is 1. The molecule has 3 nitrogen and oxygen atoms in total. The number of esters is 1. The minimum absolute atomic E-state index is 0.113. The molecule has 0 heterocycles. The molecule has 2 rings (SSSR count). The van der Waals surface area contributed by atoms with Crippen molar-refractivity contribution in [3.63, 3.8) is 0 Å². The van der Waals surface area contributed by atoms with E-state index in [0.29, 0.717) is 6.42 Å². The van der Waals surface area contributed by atoms with Crippen LogP contribution in [0.5, 0.6) is 0 Å². The quantitative estimate of drug-likeness (QED) is 0.778. The summed E-state index contributed by atoms with van der Waals surface area (Å²) in [6.07, 6.45) is 3.48. The first-order valence-corrected chi connectivity index (χ1v) is 7.84. The van der Waals surface area contributed by atoms with Gasteiger partial charge in [-0.15, -0.1) is 0 Å². The van der Waals surface area contributed by atoms with Gasteiger partial charge in [0.25, 0.3) is 0 Å². The van der Waals surface area contributed by atoms with E-state index in [0.717, 1.165) is 24.8 Å². The second-order valence-corrected chi connectivity index (χ2v) is 6.18. The number of rotatable bonds is 5. The Bertz CT molecular complexity index is 478. The molecule has 0 bridgehead atoms. The van der Waals surface area contributed by atoms with Crippen LogP contribution in [-0.2, 0) is 20.7 Å². The number of hydrogen-bond acceptors (Lipinski definition) is 3. The van der Waals surface area contributed by atoms with Crippen molar-refractivity contribution in [2.75, 3.05) is 0 Å². The maximum absolute atomic E-state index is 12.1. The van der Waals surface area contributed by atoms with Crippen molar-refractivity contribution < 1.29 is 14.3 Å². The highest BCUT2D eigenvalue weighted by Gasteiger charge is 2.34. The maximum atomic E-state index is 12.1. The van der Waals surface area contributed by atoms with E-state index in [1.54, 1.807) is 0 Å². The highest BCUT2D eigenvalue weighted by atomic mass is 16.5. The maximum Gasteiger partial charge on any atom is 0.310 e. The fraction of sp³-hybridized carbons (Fsp3) is 0.556. The first kappa shape index (κ1) is 15.7. The second-order valence-electron chi connectivity index (χ2n) is 6.18. The normalized spacial score (nSPS) is 20.3. The summed E-state index contributed by atoms with van der Waals surface area (Å²) in [5, 5.41) is 0. The van der Waals surface area contributed by atoms with Crippen molar-refractivity contribution in [2.45, 2.75) is 52.1 Å². The van der Waals surface area contributed by atoms with Crippen molar-refractivity contribution in [1.29, 1.82) is 0 Å². The fourth-order valence-corrected chi connectivity index (χ4v) is 3.00. The molecule has 1 aromatic rings. The lowest BCUT2D eigenvalue weighted by molar-refractivity contribution is -0.157. The summed E-state index contributed by atoms with van der Waals surface area (Å²) in [5.74, 6) is 0.0704. The monoisotopic (exact) mass is 288 g/mol. The lowest BCUT2D eigenvalue weighted by Crippen LogP contribution is -2.38. The highest BCUT2D eigenvalue weighted by Crippen LogP contribution is 2.29. The Morgan fingerprint density at radius 2 is 1.95 bits per heavy atom. The predicted molar refractivity (Wildman–Crippen MR) is 81.8 cm³/mol. The van der Waals surface area contributed by atoms with Crippen LogP contribution in [0.25, 0.3) is 0 Å². The highest BCUT2D eigenvalue weighted by molar-refractivity contribution is 5.82. The van der Waals surface area contributed by atoms with E-state index in [-0.39, 0.29) is 36.1 Å². The molecule has 21 heavy (non-hydrogen) atoms. The van der Waals surface area contributed by atoms with Gasteiger partial charge >= 0.3 is 5.97 Å². The lowest BCUT2D eigenvalue weighted by Gasteiger charge is -2.31. The summed E-state index contributed by atoms with van der Waals surface area (Å²) in [7, 11) is 0. The molecule has 3 heteroatoms. The molecule has 0 spiro atoms. The molecule has 1 aromatic carbocycles. The minimum Gasteiger partial charge on any atom is -0.461 e.